The summed E-state index contributed by atoms with van der Waals surface area (Å²) in [6.45, 7) is 0. The predicted molar refractivity (Wildman–Crippen MR) is 70.6 cm³/mol. The van der Waals surface area contributed by atoms with Gasteiger partial charge in [0.1, 0.15) is 11.5 Å². The third-order valence-electron chi connectivity index (χ3n) is 2.14. The number of alkyl halides is 1. The van der Waals surface area contributed by atoms with Crippen LogP contribution in [0.15, 0.2) is 48.5 Å². The summed E-state index contributed by atoms with van der Waals surface area (Å²) in [5, 5.41) is 1.44. The Morgan fingerprint density at radius 3 is 2.50 bits per heavy atom. The van der Waals surface area contributed by atoms with E-state index in [9.17, 15) is 0 Å². The smallest absolute Gasteiger partial charge is 0.131 e. The van der Waals surface area contributed by atoms with E-state index >= 15 is 0 Å². The quantitative estimate of drug-likeness (QED) is 0.722. The van der Waals surface area contributed by atoms with Crippen LogP contribution in [0.2, 0.25) is 5.02 Å². The molecule has 2 aromatic carbocycles. The lowest BCUT2D eigenvalue weighted by Crippen LogP contribution is -1.89. The van der Waals surface area contributed by atoms with Crippen molar-refractivity contribution in [1.82, 2.24) is 0 Å². The van der Waals surface area contributed by atoms with Crippen molar-refractivity contribution < 1.29 is 4.74 Å². The maximum absolute atomic E-state index is 5.92. The summed E-state index contributed by atoms with van der Waals surface area (Å²) in [7, 11) is 0. The highest BCUT2D eigenvalue weighted by Crippen LogP contribution is 2.29. The molecular weight excluding hydrogens is 287 g/mol. The third-order valence-corrected chi connectivity index (χ3v) is 2.98. The van der Waals surface area contributed by atoms with E-state index in [1.807, 2.05) is 48.5 Å². The van der Waals surface area contributed by atoms with E-state index in [-0.39, 0.29) is 0 Å². The zero-order valence-corrected chi connectivity index (χ0v) is 10.8. The normalized spacial score (nSPS) is 10.1. The van der Waals surface area contributed by atoms with E-state index in [4.69, 9.17) is 16.3 Å². The van der Waals surface area contributed by atoms with Gasteiger partial charge in [-0.1, -0.05) is 45.7 Å². The number of para-hydroxylation sites is 1. The van der Waals surface area contributed by atoms with Gasteiger partial charge in [-0.25, -0.2) is 0 Å². The highest BCUT2D eigenvalue weighted by molar-refractivity contribution is 9.08. The van der Waals surface area contributed by atoms with Gasteiger partial charge in [-0.05, 0) is 30.3 Å². The van der Waals surface area contributed by atoms with Crippen LogP contribution in [0, 0.1) is 0 Å². The van der Waals surface area contributed by atoms with Crippen molar-refractivity contribution in [2.24, 2.45) is 0 Å². The largest absolute Gasteiger partial charge is 0.457 e. The molecule has 0 aromatic heterocycles. The van der Waals surface area contributed by atoms with E-state index in [1.54, 1.807) is 0 Å². The maximum atomic E-state index is 5.92. The molecule has 0 heterocycles. The first-order valence-corrected chi connectivity index (χ1v) is 6.37. The van der Waals surface area contributed by atoms with Gasteiger partial charge < -0.3 is 4.74 Å². The van der Waals surface area contributed by atoms with Crippen molar-refractivity contribution in [3.05, 3.63) is 59.1 Å². The summed E-state index contributed by atoms with van der Waals surface area (Å²) >= 11 is 9.34. The van der Waals surface area contributed by atoms with Gasteiger partial charge in [0.2, 0.25) is 0 Å². The molecule has 2 aromatic rings. The van der Waals surface area contributed by atoms with Gasteiger partial charge in [-0.2, -0.15) is 0 Å². The SMILES string of the molecule is Clc1ccc(Oc2ccccc2)c(CBr)c1. The summed E-state index contributed by atoms with van der Waals surface area (Å²) in [6.07, 6.45) is 0. The Labute approximate surface area is 108 Å². The van der Waals surface area contributed by atoms with Crippen LogP contribution in [0.25, 0.3) is 0 Å². The number of hydrogen-bond acceptors (Lipinski definition) is 1. The number of ether oxygens (including phenoxy) is 1. The molecule has 0 aliphatic rings. The Morgan fingerprint density at radius 2 is 1.81 bits per heavy atom. The molecule has 3 heteroatoms. The molecule has 0 amide bonds. The second-order valence-electron chi connectivity index (χ2n) is 3.30. The molecule has 1 nitrogen and oxygen atoms in total. The molecule has 2 rings (SSSR count). The van der Waals surface area contributed by atoms with Crippen LogP contribution in [0.1, 0.15) is 5.56 Å². The molecule has 0 saturated heterocycles. The lowest BCUT2D eigenvalue weighted by molar-refractivity contribution is 0.478. The lowest BCUT2D eigenvalue weighted by Gasteiger charge is -2.09. The second-order valence-corrected chi connectivity index (χ2v) is 4.30. The molecule has 82 valence electrons. The van der Waals surface area contributed by atoms with Gasteiger partial charge in [0, 0.05) is 15.9 Å². The highest BCUT2D eigenvalue weighted by Gasteiger charge is 2.04. The van der Waals surface area contributed by atoms with Crippen LogP contribution >= 0.6 is 27.5 Å². The number of halogens is 2. The van der Waals surface area contributed by atoms with Gasteiger partial charge in [-0.3, -0.25) is 0 Å². The summed E-state index contributed by atoms with van der Waals surface area (Å²) in [5.74, 6) is 1.65. The molecule has 0 fully saturated rings. The maximum Gasteiger partial charge on any atom is 0.131 e. The monoisotopic (exact) mass is 296 g/mol. The number of rotatable bonds is 3. The van der Waals surface area contributed by atoms with Crippen LogP contribution in [-0.4, -0.2) is 0 Å². The Hall–Kier alpha value is -0.990. The van der Waals surface area contributed by atoms with Gasteiger partial charge in [-0.15, -0.1) is 0 Å². The first-order valence-electron chi connectivity index (χ1n) is 4.87. The highest BCUT2D eigenvalue weighted by atomic mass is 79.9. The molecule has 0 spiro atoms. The van der Waals surface area contributed by atoms with Crippen molar-refractivity contribution in [3.63, 3.8) is 0 Å². The molecule has 16 heavy (non-hydrogen) atoms. The molecular formula is C13H10BrClO. The van der Waals surface area contributed by atoms with Crippen molar-refractivity contribution in [1.29, 1.82) is 0 Å². The lowest BCUT2D eigenvalue weighted by atomic mass is 10.2. The van der Waals surface area contributed by atoms with Crippen LogP contribution in [-0.2, 0) is 5.33 Å². The van der Waals surface area contributed by atoms with Gasteiger partial charge in [0.25, 0.3) is 0 Å². The van der Waals surface area contributed by atoms with Gasteiger partial charge >= 0.3 is 0 Å². The molecule has 0 aliphatic carbocycles. The molecule has 0 radical (unpaired) electrons. The Kier molecular flexibility index (Phi) is 3.86. The fourth-order valence-electron chi connectivity index (χ4n) is 1.37. The zero-order valence-electron chi connectivity index (χ0n) is 8.49. The van der Waals surface area contributed by atoms with Crippen molar-refractivity contribution in [2.75, 3.05) is 0 Å². The molecule has 0 bridgehead atoms. The molecule has 0 aliphatic heterocycles. The first kappa shape index (κ1) is 11.5. The van der Waals surface area contributed by atoms with Crippen molar-refractivity contribution >= 4 is 27.5 Å². The average Bonchev–Trinajstić information content (AvgIpc) is 2.33. The summed E-state index contributed by atoms with van der Waals surface area (Å²) in [4.78, 5) is 0. The minimum absolute atomic E-state index is 0.717. The molecule has 0 atom stereocenters. The molecule has 0 saturated carbocycles. The minimum Gasteiger partial charge on any atom is -0.457 e. The standard InChI is InChI=1S/C13H10BrClO/c14-9-10-8-11(15)6-7-13(10)16-12-4-2-1-3-5-12/h1-8H,9H2. The number of benzene rings is 2. The van der Waals surface area contributed by atoms with Crippen molar-refractivity contribution in [3.8, 4) is 11.5 Å². The topological polar surface area (TPSA) is 9.23 Å². The van der Waals surface area contributed by atoms with E-state index in [0.717, 1.165) is 27.4 Å². The van der Waals surface area contributed by atoms with Crippen LogP contribution in [0.3, 0.4) is 0 Å². The third kappa shape index (κ3) is 2.77. The molecule has 0 N–H and O–H groups in total. The van der Waals surface area contributed by atoms with Gasteiger partial charge in [0.15, 0.2) is 0 Å². The van der Waals surface area contributed by atoms with E-state index < -0.39 is 0 Å². The fourth-order valence-corrected chi connectivity index (χ4v) is 2.00. The Balaban J connectivity index is 2.28. The Morgan fingerprint density at radius 1 is 1.06 bits per heavy atom. The Bertz CT molecular complexity index is 471. The van der Waals surface area contributed by atoms with Crippen LogP contribution in [0.4, 0.5) is 0 Å². The second kappa shape index (κ2) is 5.37. The van der Waals surface area contributed by atoms with E-state index in [0.29, 0.717) is 0 Å². The summed E-state index contributed by atoms with van der Waals surface area (Å²) in [5.41, 5.74) is 1.04. The van der Waals surface area contributed by atoms with Crippen LogP contribution < -0.4 is 4.74 Å². The molecule has 0 unspecified atom stereocenters. The average molecular weight is 298 g/mol. The summed E-state index contributed by atoms with van der Waals surface area (Å²) in [6, 6.07) is 15.3. The zero-order chi connectivity index (χ0) is 11.4. The van der Waals surface area contributed by atoms with Crippen molar-refractivity contribution in [2.45, 2.75) is 5.33 Å². The first-order chi connectivity index (χ1) is 7.79. The van der Waals surface area contributed by atoms with E-state index in [1.165, 1.54) is 0 Å². The fraction of sp³-hybridized carbons (Fsp3) is 0.0769. The number of hydrogen-bond donors (Lipinski definition) is 0. The summed E-state index contributed by atoms with van der Waals surface area (Å²) < 4.78 is 5.77. The van der Waals surface area contributed by atoms with E-state index in [2.05, 4.69) is 15.9 Å². The van der Waals surface area contributed by atoms with Gasteiger partial charge in [0.05, 0.1) is 0 Å². The van der Waals surface area contributed by atoms with Crippen LogP contribution in [0.5, 0.6) is 11.5 Å². The minimum atomic E-state index is 0.717. The predicted octanol–water partition coefficient (Wildman–Crippen LogP) is 5.03.